The Morgan fingerprint density at radius 2 is 2.00 bits per heavy atom. The first-order chi connectivity index (χ1) is 9.21. The van der Waals surface area contributed by atoms with Crippen LogP contribution in [0.4, 0.5) is 0 Å². The van der Waals surface area contributed by atoms with Crippen molar-refractivity contribution in [3.63, 3.8) is 0 Å². The zero-order valence-corrected chi connectivity index (χ0v) is 11.5. The normalized spacial score (nSPS) is 13.3. The summed E-state index contributed by atoms with van der Waals surface area (Å²) in [5, 5.41) is 5.66. The second kappa shape index (κ2) is 6.12. The molecule has 1 aromatic heterocycles. The molecule has 104 valence electrons. The maximum Gasteiger partial charge on any atom is 0.173 e. The Hall–Kier alpha value is -1.47. The second-order valence-corrected chi connectivity index (χ2v) is 4.40. The number of hydrogen-bond donors (Lipinski definition) is 2. The van der Waals surface area contributed by atoms with Crippen molar-refractivity contribution in [2.75, 3.05) is 14.2 Å². The maximum absolute atomic E-state index is 5.58. The molecule has 2 aromatic rings. The van der Waals surface area contributed by atoms with Crippen LogP contribution in [0, 0.1) is 0 Å². The third-order valence-electron chi connectivity index (χ3n) is 3.25. The highest BCUT2D eigenvalue weighted by molar-refractivity contribution is 5.81. The lowest BCUT2D eigenvalue weighted by Crippen LogP contribution is -2.47. The number of aromatic nitrogens is 2. The molecular weight excluding hydrogens is 244 g/mol. The number of hydrogen-bond acceptors (Lipinski definition) is 5. The van der Waals surface area contributed by atoms with Crippen LogP contribution < -0.4 is 11.3 Å². The van der Waals surface area contributed by atoms with Crippen molar-refractivity contribution in [1.29, 1.82) is 0 Å². The summed E-state index contributed by atoms with van der Waals surface area (Å²) in [5.74, 6) is 5.58. The fourth-order valence-corrected chi connectivity index (χ4v) is 2.31. The minimum atomic E-state index is -0.411. The fourth-order valence-electron chi connectivity index (χ4n) is 2.31. The smallest absolute Gasteiger partial charge is 0.173 e. The Morgan fingerprint density at radius 3 is 2.63 bits per heavy atom. The maximum atomic E-state index is 5.58. The Labute approximate surface area is 112 Å². The molecule has 1 heterocycles. The summed E-state index contributed by atoms with van der Waals surface area (Å²) in [5.41, 5.74) is 4.80. The highest BCUT2D eigenvalue weighted by atomic mass is 16.7. The van der Waals surface area contributed by atoms with Crippen LogP contribution in [0.3, 0.4) is 0 Å². The third-order valence-corrected chi connectivity index (χ3v) is 3.25. The van der Waals surface area contributed by atoms with Gasteiger partial charge in [0, 0.05) is 33.1 Å². The number of nitrogens with one attached hydrogen (secondary N) is 1. The first-order valence-electron chi connectivity index (χ1n) is 6.13. The van der Waals surface area contributed by atoms with Crippen molar-refractivity contribution in [3.05, 3.63) is 30.0 Å². The van der Waals surface area contributed by atoms with E-state index in [4.69, 9.17) is 15.3 Å². The van der Waals surface area contributed by atoms with Gasteiger partial charge in [0.05, 0.1) is 17.3 Å². The molecule has 6 heteroatoms. The molecule has 2 rings (SSSR count). The molecule has 0 bridgehead atoms. The Kier molecular flexibility index (Phi) is 4.49. The van der Waals surface area contributed by atoms with E-state index in [2.05, 4.69) is 16.6 Å². The zero-order valence-electron chi connectivity index (χ0n) is 11.5. The van der Waals surface area contributed by atoms with Crippen LogP contribution in [0.15, 0.2) is 24.3 Å². The van der Waals surface area contributed by atoms with Crippen LogP contribution in [0.5, 0.6) is 0 Å². The second-order valence-electron chi connectivity index (χ2n) is 4.40. The molecule has 19 heavy (non-hydrogen) atoms. The molecule has 3 N–H and O–H groups in total. The van der Waals surface area contributed by atoms with E-state index < -0.39 is 6.29 Å². The SMILES string of the molecule is COC(OC)C(Cc1nn(C)c2ccccc12)NN. The summed E-state index contributed by atoms with van der Waals surface area (Å²) in [6, 6.07) is 7.94. The Morgan fingerprint density at radius 1 is 1.32 bits per heavy atom. The predicted molar refractivity (Wildman–Crippen MR) is 73.3 cm³/mol. The van der Waals surface area contributed by atoms with Gasteiger partial charge in [-0.05, 0) is 6.07 Å². The average molecular weight is 264 g/mol. The summed E-state index contributed by atoms with van der Waals surface area (Å²) in [6.07, 6.45) is 0.218. The molecule has 0 spiro atoms. The van der Waals surface area contributed by atoms with Gasteiger partial charge in [-0.15, -0.1) is 0 Å². The summed E-state index contributed by atoms with van der Waals surface area (Å²) >= 11 is 0. The van der Waals surface area contributed by atoms with Gasteiger partial charge in [-0.2, -0.15) is 5.10 Å². The van der Waals surface area contributed by atoms with E-state index in [1.807, 2.05) is 29.9 Å². The van der Waals surface area contributed by atoms with E-state index in [-0.39, 0.29) is 6.04 Å². The van der Waals surface area contributed by atoms with Crippen molar-refractivity contribution >= 4 is 10.9 Å². The minimum absolute atomic E-state index is 0.159. The molecule has 0 aliphatic rings. The van der Waals surface area contributed by atoms with Gasteiger partial charge in [-0.3, -0.25) is 16.0 Å². The number of benzene rings is 1. The van der Waals surface area contributed by atoms with E-state index in [0.29, 0.717) is 6.42 Å². The number of methoxy groups -OCH3 is 2. The predicted octanol–water partition coefficient (Wildman–Crippen LogP) is 0.567. The summed E-state index contributed by atoms with van der Waals surface area (Å²) < 4.78 is 12.4. The molecule has 0 amide bonds. The fraction of sp³-hybridized carbons (Fsp3) is 0.462. The highest BCUT2D eigenvalue weighted by Gasteiger charge is 2.22. The molecule has 6 nitrogen and oxygen atoms in total. The first-order valence-corrected chi connectivity index (χ1v) is 6.13. The number of fused-ring (bicyclic) bond motifs is 1. The largest absolute Gasteiger partial charge is 0.354 e. The minimum Gasteiger partial charge on any atom is -0.354 e. The zero-order chi connectivity index (χ0) is 13.8. The summed E-state index contributed by atoms with van der Waals surface area (Å²) in [6.45, 7) is 0. The molecular formula is C13H20N4O2. The molecule has 0 saturated carbocycles. The molecule has 0 fully saturated rings. The highest BCUT2D eigenvalue weighted by Crippen LogP contribution is 2.19. The van der Waals surface area contributed by atoms with Crippen LogP contribution >= 0.6 is 0 Å². The summed E-state index contributed by atoms with van der Waals surface area (Å²) in [4.78, 5) is 0. The van der Waals surface area contributed by atoms with E-state index in [0.717, 1.165) is 16.6 Å². The molecule has 1 atom stereocenters. The van der Waals surface area contributed by atoms with E-state index in [9.17, 15) is 0 Å². The van der Waals surface area contributed by atoms with Crippen molar-refractivity contribution in [1.82, 2.24) is 15.2 Å². The van der Waals surface area contributed by atoms with Crippen molar-refractivity contribution in [3.8, 4) is 0 Å². The van der Waals surface area contributed by atoms with Crippen LogP contribution in [0.2, 0.25) is 0 Å². The molecule has 0 aliphatic carbocycles. The first kappa shape index (κ1) is 14.0. The summed E-state index contributed by atoms with van der Waals surface area (Å²) in [7, 11) is 5.12. The Balaban J connectivity index is 2.29. The van der Waals surface area contributed by atoms with Gasteiger partial charge in [-0.1, -0.05) is 18.2 Å². The number of nitrogens with two attached hydrogens (primary N) is 1. The van der Waals surface area contributed by atoms with Gasteiger partial charge >= 0.3 is 0 Å². The molecule has 1 unspecified atom stereocenters. The third kappa shape index (κ3) is 2.76. The number of nitrogens with zero attached hydrogens (tertiary/aromatic N) is 2. The lowest BCUT2D eigenvalue weighted by atomic mass is 10.1. The van der Waals surface area contributed by atoms with Gasteiger partial charge in [-0.25, -0.2) is 0 Å². The average Bonchev–Trinajstić information content (AvgIpc) is 2.76. The molecule has 0 radical (unpaired) electrons. The van der Waals surface area contributed by atoms with Gasteiger partial charge in [0.1, 0.15) is 0 Å². The topological polar surface area (TPSA) is 74.3 Å². The van der Waals surface area contributed by atoms with Gasteiger partial charge in [0.25, 0.3) is 0 Å². The van der Waals surface area contributed by atoms with Crippen molar-refractivity contribution in [2.24, 2.45) is 12.9 Å². The van der Waals surface area contributed by atoms with Gasteiger partial charge in [0.15, 0.2) is 6.29 Å². The van der Waals surface area contributed by atoms with E-state index in [1.54, 1.807) is 14.2 Å². The number of rotatable bonds is 6. The van der Waals surface area contributed by atoms with Crippen LogP contribution in [-0.4, -0.2) is 36.3 Å². The monoisotopic (exact) mass is 264 g/mol. The molecule has 0 saturated heterocycles. The lowest BCUT2D eigenvalue weighted by molar-refractivity contribution is -0.122. The van der Waals surface area contributed by atoms with Gasteiger partial charge < -0.3 is 9.47 Å². The van der Waals surface area contributed by atoms with Gasteiger partial charge in [0.2, 0.25) is 0 Å². The van der Waals surface area contributed by atoms with Crippen LogP contribution in [0.1, 0.15) is 5.69 Å². The standard InChI is InChI=1S/C13H20N4O2/c1-17-12-7-5-4-6-9(12)10(16-17)8-11(15-14)13(18-2)19-3/h4-7,11,13,15H,8,14H2,1-3H3. The van der Waals surface area contributed by atoms with Crippen molar-refractivity contribution in [2.45, 2.75) is 18.8 Å². The Bertz CT molecular complexity index is 536. The lowest BCUT2D eigenvalue weighted by Gasteiger charge is -2.23. The van der Waals surface area contributed by atoms with E-state index in [1.165, 1.54) is 0 Å². The molecule has 1 aromatic carbocycles. The van der Waals surface area contributed by atoms with Crippen LogP contribution in [-0.2, 0) is 22.9 Å². The quantitative estimate of drug-likeness (QED) is 0.453. The number of aryl methyl sites for hydroxylation is 1. The number of ether oxygens (including phenoxy) is 2. The number of para-hydroxylation sites is 1. The van der Waals surface area contributed by atoms with E-state index >= 15 is 0 Å². The number of hydrazine groups is 1. The molecule has 0 aliphatic heterocycles. The van der Waals surface area contributed by atoms with Crippen LogP contribution in [0.25, 0.3) is 10.9 Å². The van der Waals surface area contributed by atoms with Crippen molar-refractivity contribution < 1.29 is 9.47 Å².